The van der Waals surface area contributed by atoms with E-state index in [9.17, 15) is 4.39 Å². The highest BCUT2D eigenvalue weighted by Gasteiger charge is 2.13. The molecule has 5 heteroatoms. The van der Waals surface area contributed by atoms with Crippen molar-refractivity contribution in [2.24, 2.45) is 0 Å². The second kappa shape index (κ2) is 7.92. The highest BCUT2D eigenvalue weighted by molar-refractivity contribution is 7.98. The molecule has 2 rings (SSSR count). The number of thioether (sulfide) groups is 1. The SMILES string of the molecule is CCCNC(C)c1sc(CSc2cccc(F)c2)nc1C. The summed E-state index contributed by atoms with van der Waals surface area (Å²) in [4.78, 5) is 6.89. The largest absolute Gasteiger partial charge is 0.309 e. The number of halogens is 1. The van der Waals surface area contributed by atoms with E-state index in [4.69, 9.17) is 0 Å². The summed E-state index contributed by atoms with van der Waals surface area (Å²) in [5.74, 6) is 0.600. The van der Waals surface area contributed by atoms with Crippen LogP contribution in [0.5, 0.6) is 0 Å². The molecule has 2 nitrogen and oxygen atoms in total. The zero-order chi connectivity index (χ0) is 15.2. The number of rotatable bonds is 7. The number of nitrogens with one attached hydrogen (secondary N) is 1. The van der Waals surface area contributed by atoms with Gasteiger partial charge < -0.3 is 5.32 Å². The van der Waals surface area contributed by atoms with Crippen LogP contribution < -0.4 is 5.32 Å². The number of hydrogen-bond donors (Lipinski definition) is 1. The van der Waals surface area contributed by atoms with Crippen molar-refractivity contribution in [1.82, 2.24) is 10.3 Å². The van der Waals surface area contributed by atoms with Crippen LogP contribution in [0.25, 0.3) is 0 Å². The highest BCUT2D eigenvalue weighted by Crippen LogP contribution is 2.30. The summed E-state index contributed by atoms with van der Waals surface area (Å²) >= 11 is 3.38. The lowest BCUT2D eigenvalue weighted by atomic mass is 10.2. The van der Waals surface area contributed by atoms with Crippen LogP contribution in [0.15, 0.2) is 29.2 Å². The molecule has 0 saturated heterocycles. The lowest BCUT2D eigenvalue weighted by Gasteiger charge is -2.11. The van der Waals surface area contributed by atoms with Gasteiger partial charge in [-0.3, -0.25) is 0 Å². The Morgan fingerprint density at radius 2 is 2.24 bits per heavy atom. The van der Waals surface area contributed by atoms with E-state index in [1.165, 1.54) is 10.9 Å². The van der Waals surface area contributed by atoms with Crippen molar-refractivity contribution in [1.29, 1.82) is 0 Å². The second-order valence-electron chi connectivity index (χ2n) is 4.98. The molecule has 1 aromatic carbocycles. The molecule has 0 aliphatic rings. The highest BCUT2D eigenvalue weighted by atomic mass is 32.2. The first kappa shape index (κ1) is 16.5. The summed E-state index contributed by atoms with van der Waals surface area (Å²) in [5, 5.41) is 4.60. The summed E-state index contributed by atoms with van der Waals surface area (Å²) < 4.78 is 13.2. The molecule has 0 aliphatic heterocycles. The Labute approximate surface area is 134 Å². The Bertz CT molecular complexity index is 583. The minimum absolute atomic E-state index is 0.187. The van der Waals surface area contributed by atoms with Crippen LogP contribution >= 0.6 is 23.1 Å². The van der Waals surface area contributed by atoms with Crippen LogP contribution in [0.4, 0.5) is 4.39 Å². The van der Waals surface area contributed by atoms with Gasteiger partial charge in [-0.1, -0.05) is 13.0 Å². The summed E-state index contributed by atoms with van der Waals surface area (Å²) in [5.41, 5.74) is 1.10. The van der Waals surface area contributed by atoms with Gasteiger partial charge in [-0.2, -0.15) is 0 Å². The third kappa shape index (κ3) is 4.80. The van der Waals surface area contributed by atoms with Crippen molar-refractivity contribution in [2.45, 2.75) is 43.9 Å². The van der Waals surface area contributed by atoms with Crippen LogP contribution in [0.3, 0.4) is 0 Å². The molecule has 21 heavy (non-hydrogen) atoms. The van der Waals surface area contributed by atoms with Gasteiger partial charge in [-0.15, -0.1) is 23.1 Å². The summed E-state index contributed by atoms with van der Waals surface area (Å²) in [6, 6.07) is 7.05. The maximum atomic E-state index is 13.2. The van der Waals surface area contributed by atoms with Gasteiger partial charge in [0, 0.05) is 15.8 Å². The number of thiazole rings is 1. The maximum Gasteiger partial charge on any atom is 0.124 e. The lowest BCUT2D eigenvalue weighted by molar-refractivity contribution is 0.575. The van der Waals surface area contributed by atoms with Crippen LogP contribution in [-0.4, -0.2) is 11.5 Å². The molecular formula is C16H21FN2S2. The van der Waals surface area contributed by atoms with Crippen molar-refractivity contribution >= 4 is 23.1 Å². The van der Waals surface area contributed by atoms with Gasteiger partial charge in [-0.05, 0) is 45.0 Å². The summed E-state index contributed by atoms with van der Waals surface area (Å²) in [6.07, 6.45) is 1.13. The molecule has 0 radical (unpaired) electrons. The zero-order valence-corrected chi connectivity index (χ0v) is 14.3. The quantitative estimate of drug-likeness (QED) is 0.730. The molecule has 1 atom stereocenters. The van der Waals surface area contributed by atoms with Gasteiger partial charge in [0.2, 0.25) is 0 Å². The maximum absolute atomic E-state index is 13.2. The molecule has 0 aliphatic carbocycles. The molecule has 0 saturated carbocycles. The van der Waals surface area contributed by atoms with Crippen molar-refractivity contribution < 1.29 is 4.39 Å². The third-order valence-electron chi connectivity index (χ3n) is 3.13. The van der Waals surface area contributed by atoms with Crippen molar-refractivity contribution in [3.63, 3.8) is 0 Å². The monoisotopic (exact) mass is 324 g/mol. The average Bonchev–Trinajstić information content (AvgIpc) is 2.84. The van der Waals surface area contributed by atoms with E-state index >= 15 is 0 Å². The summed E-state index contributed by atoms with van der Waals surface area (Å²) in [7, 11) is 0. The number of benzene rings is 1. The Hall–Kier alpha value is -0.910. The summed E-state index contributed by atoms with van der Waals surface area (Å²) in [6.45, 7) is 7.43. The van der Waals surface area contributed by atoms with Crippen LogP contribution in [-0.2, 0) is 5.75 Å². The molecule has 0 amide bonds. The number of aromatic nitrogens is 1. The van der Waals surface area contributed by atoms with E-state index in [-0.39, 0.29) is 5.82 Å². The zero-order valence-electron chi connectivity index (χ0n) is 12.6. The molecule has 1 N–H and O–H groups in total. The molecule has 2 aromatic rings. The number of nitrogens with zero attached hydrogens (tertiary/aromatic N) is 1. The fourth-order valence-corrected chi connectivity index (χ4v) is 4.11. The number of aryl methyl sites for hydroxylation is 1. The van der Waals surface area contributed by atoms with Gasteiger partial charge in [0.15, 0.2) is 0 Å². The second-order valence-corrected chi connectivity index (χ2v) is 7.14. The first-order chi connectivity index (χ1) is 10.1. The van der Waals surface area contributed by atoms with Crippen LogP contribution in [0, 0.1) is 12.7 Å². The molecule has 0 bridgehead atoms. The van der Waals surface area contributed by atoms with E-state index in [1.807, 2.05) is 6.07 Å². The Morgan fingerprint density at radius 1 is 1.43 bits per heavy atom. The van der Waals surface area contributed by atoms with Crippen molar-refractivity contribution in [2.75, 3.05) is 6.54 Å². The first-order valence-electron chi connectivity index (χ1n) is 7.18. The predicted molar refractivity (Wildman–Crippen MR) is 89.5 cm³/mol. The molecule has 114 valence electrons. The van der Waals surface area contributed by atoms with Gasteiger partial charge in [0.05, 0.1) is 11.4 Å². The van der Waals surface area contributed by atoms with E-state index in [2.05, 4.69) is 31.1 Å². The smallest absolute Gasteiger partial charge is 0.124 e. The fourth-order valence-electron chi connectivity index (χ4n) is 2.08. The lowest BCUT2D eigenvalue weighted by Crippen LogP contribution is -2.18. The Balaban J connectivity index is 1.98. The normalized spacial score (nSPS) is 12.6. The van der Waals surface area contributed by atoms with Gasteiger partial charge >= 0.3 is 0 Å². The van der Waals surface area contributed by atoms with Crippen LogP contribution in [0.1, 0.15) is 41.9 Å². The predicted octanol–water partition coefficient (Wildman–Crippen LogP) is 4.94. The number of hydrogen-bond acceptors (Lipinski definition) is 4. The Kier molecular flexibility index (Phi) is 6.21. The van der Waals surface area contributed by atoms with Gasteiger partial charge in [-0.25, -0.2) is 9.37 Å². The van der Waals surface area contributed by atoms with Crippen molar-refractivity contribution in [3.05, 3.63) is 45.7 Å². The minimum Gasteiger partial charge on any atom is -0.309 e. The van der Waals surface area contributed by atoms with E-state index < -0.39 is 0 Å². The van der Waals surface area contributed by atoms with E-state index in [0.29, 0.717) is 6.04 Å². The minimum atomic E-state index is -0.187. The topological polar surface area (TPSA) is 24.9 Å². The molecular weight excluding hydrogens is 303 g/mol. The Morgan fingerprint density at radius 3 is 2.95 bits per heavy atom. The van der Waals surface area contributed by atoms with E-state index in [0.717, 1.165) is 34.3 Å². The third-order valence-corrected chi connectivity index (χ3v) is 5.66. The first-order valence-corrected chi connectivity index (χ1v) is 8.98. The molecule has 1 heterocycles. The van der Waals surface area contributed by atoms with Gasteiger partial charge in [0.1, 0.15) is 10.8 Å². The van der Waals surface area contributed by atoms with Crippen molar-refractivity contribution in [3.8, 4) is 0 Å². The van der Waals surface area contributed by atoms with E-state index in [1.54, 1.807) is 35.2 Å². The molecule has 1 aromatic heterocycles. The molecule has 1 unspecified atom stereocenters. The molecule has 0 spiro atoms. The van der Waals surface area contributed by atoms with Crippen LogP contribution in [0.2, 0.25) is 0 Å². The average molecular weight is 324 g/mol. The fraction of sp³-hybridized carbons (Fsp3) is 0.438. The standard InChI is InChI=1S/C16H21FN2S2/c1-4-8-18-11(2)16-12(3)19-15(21-16)10-20-14-7-5-6-13(17)9-14/h5-7,9,11,18H,4,8,10H2,1-3H3. The molecule has 0 fully saturated rings. The van der Waals surface area contributed by atoms with Gasteiger partial charge in [0.25, 0.3) is 0 Å².